The highest BCUT2D eigenvalue weighted by molar-refractivity contribution is 6.07. The third-order valence-corrected chi connectivity index (χ3v) is 4.05. The Hall–Kier alpha value is -2.59. The molecule has 0 radical (unpaired) electrons. The fraction of sp³-hybridized carbons (Fsp3) is 0.250. The van der Waals surface area contributed by atoms with E-state index in [9.17, 15) is 5.11 Å². The molecule has 1 N–H and O–H groups in total. The van der Waals surface area contributed by atoms with Gasteiger partial charge in [-0.15, -0.1) is 0 Å². The number of hydrogen-bond donors (Lipinski definition) is 1. The monoisotopic (exact) mass is 321 g/mol. The van der Waals surface area contributed by atoms with Gasteiger partial charge in [-0.2, -0.15) is 0 Å². The van der Waals surface area contributed by atoms with Crippen LogP contribution in [0.2, 0.25) is 0 Å². The number of para-hydroxylation sites is 2. The van der Waals surface area contributed by atoms with E-state index in [4.69, 9.17) is 0 Å². The second kappa shape index (κ2) is 7.32. The summed E-state index contributed by atoms with van der Waals surface area (Å²) in [5, 5.41) is 12.9. The Bertz CT molecular complexity index is 856. The van der Waals surface area contributed by atoms with E-state index in [-0.39, 0.29) is 0 Å². The van der Waals surface area contributed by atoms with E-state index in [1.54, 1.807) is 12.5 Å². The third kappa shape index (κ3) is 3.05. The summed E-state index contributed by atoms with van der Waals surface area (Å²) in [5.41, 5.74) is 2.32. The lowest BCUT2D eigenvalue weighted by Gasteiger charge is -2.14. The van der Waals surface area contributed by atoms with Gasteiger partial charge in [0.1, 0.15) is 0 Å². The van der Waals surface area contributed by atoms with Crippen molar-refractivity contribution in [2.45, 2.75) is 33.0 Å². The number of aromatic nitrogens is 3. The minimum absolute atomic E-state index is 0.464. The smallest absolute Gasteiger partial charge is 0.0946 e. The number of hydrogen-bond acceptors (Lipinski definition) is 2. The van der Waals surface area contributed by atoms with Gasteiger partial charge in [-0.1, -0.05) is 50.2 Å². The topological polar surface area (TPSA) is 43.0 Å². The van der Waals surface area contributed by atoms with Crippen LogP contribution in [0, 0.1) is 0 Å². The Morgan fingerprint density at radius 3 is 2.04 bits per heavy atom. The lowest BCUT2D eigenvalue weighted by Crippen LogP contribution is -2.21. The first-order valence-corrected chi connectivity index (χ1v) is 8.43. The Kier molecular flexibility index (Phi) is 4.96. The summed E-state index contributed by atoms with van der Waals surface area (Å²) >= 11 is 0. The van der Waals surface area contributed by atoms with Crippen LogP contribution in [0.1, 0.15) is 13.8 Å². The summed E-state index contributed by atoms with van der Waals surface area (Å²) in [6, 6.07) is 16.7. The van der Waals surface area contributed by atoms with Gasteiger partial charge in [0, 0.05) is 34.2 Å². The minimum atomic E-state index is -0.464. The zero-order valence-electron chi connectivity index (χ0n) is 14.1. The predicted octanol–water partition coefficient (Wildman–Crippen LogP) is 4.08. The standard InChI is InChI=1S/C18H17N3O.C2H6/c22-14(11-20-10-9-19-13-20)12-21-17-7-3-1-5-15(17)16-6-2-4-8-18(16)21;1-2/h1-10,13-14,22H,11-12H2;1-2H3. The zero-order chi connectivity index (χ0) is 16.9. The predicted molar refractivity (Wildman–Crippen MR) is 99.0 cm³/mol. The molecule has 0 fully saturated rings. The summed E-state index contributed by atoms with van der Waals surface area (Å²) in [4.78, 5) is 4.02. The van der Waals surface area contributed by atoms with Crippen molar-refractivity contribution in [2.75, 3.05) is 0 Å². The van der Waals surface area contributed by atoms with E-state index in [0.717, 1.165) is 11.0 Å². The average Bonchev–Trinajstić information content (AvgIpc) is 3.24. The van der Waals surface area contributed by atoms with Gasteiger partial charge in [0.15, 0.2) is 0 Å². The summed E-state index contributed by atoms with van der Waals surface area (Å²) in [6.45, 7) is 5.10. The van der Waals surface area contributed by atoms with Gasteiger partial charge in [-0.3, -0.25) is 0 Å². The highest BCUT2D eigenvalue weighted by Gasteiger charge is 2.13. The van der Waals surface area contributed by atoms with E-state index in [1.807, 2.05) is 36.7 Å². The molecule has 2 aromatic carbocycles. The van der Waals surface area contributed by atoms with Crippen LogP contribution in [0.4, 0.5) is 0 Å². The van der Waals surface area contributed by atoms with Crippen molar-refractivity contribution in [2.24, 2.45) is 0 Å². The molecule has 0 saturated heterocycles. The molecule has 0 bridgehead atoms. The zero-order valence-corrected chi connectivity index (χ0v) is 14.1. The lowest BCUT2D eigenvalue weighted by molar-refractivity contribution is 0.137. The molecular weight excluding hydrogens is 298 g/mol. The van der Waals surface area contributed by atoms with Crippen LogP contribution in [0.15, 0.2) is 67.3 Å². The molecule has 0 saturated carbocycles. The molecule has 4 nitrogen and oxygen atoms in total. The van der Waals surface area contributed by atoms with Crippen LogP contribution >= 0.6 is 0 Å². The van der Waals surface area contributed by atoms with Gasteiger partial charge in [-0.05, 0) is 12.1 Å². The summed E-state index contributed by atoms with van der Waals surface area (Å²) in [5.74, 6) is 0. The molecule has 1 unspecified atom stereocenters. The van der Waals surface area contributed by atoms with E-state index in [2.05, 4.69) is 45.9 Å². The van der Waals surface area contributed by atoms with Crippen molar-refractivity contribution in [3.8, 4) is 0 Å². The summed E-state index contributed by atoms with van der Waals surface area (Å²) in [7, 11) is 0. The molecule has 0 aliphatic rings. The van der Waals surface area contributed by atoms with Crippen molar-refractivity contribution in [3.05, 3.63) is 67.3 Å². The molecular formula is C20H23N3O. The first kappa shape index (κ1) is 16.3. The molecule has 124 valence electrons. The maximum atomic E-state index is 10.4. The van der Waals surface area contributed by atoms with E-state index in [0.29, 0.717) is 13.1 Å². The van der Waals surface area contributed by atoms with Crippen molar-refractivity contribution >= 4 is 21.8 Å². The van der Waals surface area contributed by atoms with Crippen molar-refractivity contribution < 1.29 is 5.11 Å². The van der Waals surface area contributed by atoms with Crippen molar-refractivity contribution in [1.82, 2.24) is 14.1 Å². The molecule has 4 rings (SSSR count). The maximum absolute atomic E-state index is 10.4. The molecule has 4 heteroatoms. The number of fused-ring (bicyclic) bond motifs is 3. The Balaban J connectivity index is 0.000000815. The second-order valence-electron chi connectivity index (χ2n) is 5.56. The number of aliphatic hydroxyl groups is 1. The lowest BCUT2D eigenvalue weighted by atomic mass is 10.2. The van der Waals surface area contributed by atoms with Crippen LogP contribution in [-0.4, -0.2) is 25.3 Å². The summed E-state index contributed by atoms with van der Waals surface area (Å²) in [6.07, 6.45) is 4.87. The van der Waals surface area contributed by atoms with Gasteiger partial charge < -0.3 is 14.2 Å². The quantitative estimate of drug-likeness (QED) is 0.615. The number of aliphatic hydroxyl groups excluding tert-OH is 1. The fourth-order valence-corrected chi connectivity index (χ4v) is 3.11. The van der Waals surface area contributed by atoms with Gasteiger partial charge in [-0.25, -0.2) is 4.98 Å². The maximum Gasteiger partial charge on any atom is 0.0946 e. The van der Waals surface area contributed by atoms with Gasteiger partial charge >= 0.3 is 0 Å². The first-order valence-electron chi connectivity index (χ1n) is 8.43. The van der Waals surface area contributed by atoms with Crippen LogP contribution in [0.5, 0.6) is 0 Å². The molecule has 0 aliphatic carbocycles. The summed E-state index contributed by atoms with van der Waals surface area (Å²) < 4.78 is 4.10. The molecule has 0 spiro atoms. The Labute approximate surface area is 142 Å². The number of rotatable bonds is 4. The van der Waals surface area contributed by atoms with E-state index >= 15 is 0 Å². The van der Waals surface area contributed by atoms with Gasteiger partial charge in [0.2, 0.25) is 0 Å². The largest absolute Gasteiger partial charge is 0.389 e. The number of imidazole rings is 1. The molecule has 2 heterocycles. The van der Waals surface area contributed by atoms with E-state index in [1.165, 1.54) is 10.8 Å². The normalized spacial score (nSPS) is 12.1. The highest BCUT2D eigenvalue weighted by atomic mass is 16.3. The van der Waals surface area contributed by atoms with Crippen molar-refractivity contribution in [1.29, 1.82) is 0 Å². The van der Waals surface area contributed by atoms with Crippen LogP contribution in [0.25, 0.3) is 21.8 Å². The van der Waals surface area contributed by atoms with Crippen LogP contribution < -0.4 is 0 Å². The number of benzene rings is 2. The highest BCUT2D eigenvalue weighted by Crippen LogP contribution is 2.28. The average molecular weight is 321 g/mol. The molecule has 24 heavy (non-hydrogen) atoms. The van der Waals surface area contributed by atoms with Crippen molar-refractivity contribution in [3.63, 3.8) is 0 Å². The Morgan fingerprint density at radius 1 is 0.917 bits per heavy atom. The van der Waals surface area contributed by atoms with Crippen LogP contribution in [-0.2, 0) is 13.1 Å². The minimum Gasteiger partial charge on any atom is -0.389 e. The van der Waals surface area contributed by atoms with Crippen LogP contribution in [0.3, 0.4) is 0 Å². The number of nitrogens with zero attached hydrogens (tertiary/aromatic N) is 3. The van der Waals surface area contributed by atoms with Gasteiger partial charge in [0.05, 0.1) is 25.5 Å². The second-order valence-corrected chi connectivity index (χ2v) is 5.56. The third-order valence-electron chi connectivity index (χ3n) is 4.05. The van der Waals surface area contributed by atoms with Gasteiger partial charge in [0.25, 0.3) is 0 Å². The molecule has 1 atom stereocenters. The fourth-order valence-electron chi connectivity index (χ4n) is 3.11. The Morgan fingerprint density at radius 2 is 1.50 bits per heavy atom. The molecule has 4 aromatic rings. The molecule has 0 amide bonds. The van der Waals surface area contributed by atoms with E-state index < -0.39 is 6.10 Å². The molecule has 0 aliphatic heterocycles. The molecule has 2 aromatic heterocycles. The first-order chi connectivity index (χ1) is 11.8. The SMILES string of the molecule is CC.OC(Cn1ccnc1)Cn1c2ccccc2c2ccccc21.